The fourth-order valence-electron chi connectivity index (χ4n) is 1.95. The fraction of sp³-hybridized carbons (Fsp3) is 0.267. The van der Waals surface area contributed by atoms with E-state index < -0.39 is 0 Å². The number of nitrogens with zero attached hydrogens (tertiary/aromatic N) is 2. The van der Waals surface area contributed by atoms with Gasteiger partial charge in [0.1, 0.15) is 10.7 Å². The molecule has 0 unspecified atom stereocenters. The van der Waals surface area contributed by atoms with Gasteiger partial charge in [-0.2, -0.15) is 5.10 Å². The van der Waals surface area contributed by atoms with Crippen LogP contribution in [0.5, 0.6) is 11.6 Å². The topological polar surface area (TPSA) is 61.0 Å². The lowest BCUT2D eigenvalue weighted by atomic mass is 10.1. The van der Waals surface area contributed by atoms with Crippen LogP contribution in [0, 0.1) is 13.8 Å². The summed E-state index contributed by atoms with van der Waals surface area (Å²) in [5.74, 6) is 1.12. The molecule has 0 aliphatic carbocycles. The van der Waals surface area contributed by atoms with E-state index in [1.165, 1.54) is 0 Å². The van der Waals surface area contributed by atoms with Gasteiger partial charge in [-0.3, -0.25) is 0 Å². The van der Waals surface area contributed by atoms with Gasteiger partial charge in [0.05, 0.1) is 11.3 Å². The number of hydrogen-bond acceptors (Lipinski definition) is 4. The second kappa shape index (κ2) is 5.96. The molecule has 5 heteroatoms. The number of thiocarbonyl (C=S) groups is 1. The summed E-state index contributed by atoms with van der Waals surface area (Å²) in [6, 6.07) is 7.82. The van der Waals surface area contributed by atoms with Gasteiger partial charge in [0.2, 0.25) is 5.88 Å². The van der Waals surface area contributed by atoms with Crippen LogP contribution in [0.2, 0.25) is 0 Å². The zero-order chi connectivity index (χ0) is 14.7. The Balaban J connectivity index is 2.49. The smallest absolute Gasteiger partial charge is 0.249 e. The van der Waals surface area contributed by atoms with Gasteiger partial charge in [0, 0.05) is 0 Å². The Morgan fingerprint density at radius 2 is 1.95 bits per heavy atom. The highest BCUT2D eigenvalue weighted by molar-refractivity contribution is 7.80. The van der Waals surface area contributed by atoms with Crippen molar-refractivity contribution in [2.24, 2.45) is 5.73 Å². The van der Waals surface area contributed by atoms with Gasteiger partial charge in [-0.05, 0) is 37.5 Å². The lowest BCUT2D eigenvalue weighted by Crippen LogP contribution is -2.15. The summed E-state index contributed by atoms with van der Waals surface area (Å²) < 4.78 is 5.89. The number of rotatable bonds is 4. The third-order valence-corrected chi connectivity index (χ3v) is 3.43. The predicted octanol–water partition coefficient (Wildman–Crippen LogP) is 3.08. The van der Waals surface area contributed by atoms with Crippen molar-refractivity contribution in [3.63, 3.8) is 0 Å². The van der Waals surface area contributed by atoms with Crippen molar-refractivity contribution in [1.82, 2.24) is 10.2 Å². The van der Waals surface area contributed by atoms with Crippen LogP contribution in [0.15, 0.2) is 24.3 Å². The molecular weight excluding hydrogens is 270 g/mol. The molecule has 0 amide bonds. The third kappa shape index (κ3) is 2.77. The van der Waals surface area contributed by atoms with Gasteiger partial charge in [-0.25, -0.2) is 0 Å². The van der Waals surface area contributed by atoms with E-state index >= 15 is 0 Å². The van der Waals surface area contributed by atoms with Crippen LogP contribution in [0.1, 0.15) is 29.3 Å². The molecule has 2 N–H and O–H groups in total. The minimum Gasteiger partial charge on any atom is -0.437 e. The standard InChI is InChI=1S/C15H17N3OS/c1-4-11-7-5-6-8-12(11)19-15-13(14(16)20)9(2)10(3)17-18-15/h5-8H,4H2,1-3H3,(H2,16,20). The minimum absolute atomic E-state index is 0.268. The number of aryl methyl sites for hydroxylation is 2. The molecule has 0 aliphatic rings. The van der Waals surface area contributed by atoms with E-state index in [4.69, 9.17) is 22.7 Å². The van der Waals surface area contributed by atoms with Crippen LogP contribution in [-0.2, 0) is 6.42 Å². The Bertz CT molecular complexity index is 656. The third-order valence-electron chi connectivity index (χ3n) is 3.23. The molecule has 20 heavy (non-hydrogen) atoms. The highest BCUT2D eigenvalue weighted by Gasteiger charge is 2.16. The Kier molecular flexibility index (Phi) is 4.29. The molecule has 2 aromatic rings. The quantitative estimate of drug-likeness (QED) is 0.876. The predicted molar refractivity (Wildman–Crippen MR) is 83.3 cm³/mol. The van der Waals surface area contributed by atoms with Gasteiger partial charge in [-0.1, -0.05) is 37.3 Å². The van der Waals surface area contributed by atoms with E-state index in [1.54, 1.807) is 0 Å². The van der Waals surface area contributed by atoms with Crippen molar-refractivity contribution in [3.05, 3.63) is 46.6 Å². The Hall–Kier alpha value is -2.01. The molecule has 1 aromatic carbocycles. The summed E-state index contributed by atoms with van der Waals surface area (Å²) in [6.07, 6.45) is 0.872. The van der Waals surface area contributed by atoms with Crippen molar-refractivity contribution in [2.45, 2.75) is 27.2 Å². The van der Waals surface area contributed by atoms with Crippen LogP contribution in [0.4, 0.5) is 0 Å². The molecule has 0 aliphatic heterocycles. The largest absolute Gasteiger partial charge is 0.437 e. The van der Waals surface area contributed by atoms with Gasteiger partial charge in [-0.15, -0.1) is 5.10 Å². The van der Waals surface area contributed by atoms with Crippen LogP contribution in [-0.4, -0.2) is 15.2 Å². The number of benzene rings is 1. The Labute approximate surface area is 124 Å². The zero-order valence-corrected chi connectivity index (χ0v) is 12.6. The number of ether oxygens (including phenoxy) is 1. The monoisotopic (exact) mass is 287 g/mol. The van der Waals surface area contributed by atoms with Crippen molar-refractivity contribution in [2.75, 3.05) is 0 Å². The summed E-state index contributed by atoms with van der Waals surface area (Å²) in [7, 11) is 0. The molecule has 0 saturated carbocycles. The fourth-order valence-corrected chi connectivity index (χ4v) is 2.19. The van der Waals surface area contributed by atoms with E-state index in [0.717, 1.165) is 29.0 Å². The highest BCUT2D eigenvalue weighted by Crippen LogP contribution is 2.28. The zero-order valence-electron chi connectivity index (χ0n) is 11.8. The molecule has 0 radical (unpaired) electrons. The maximum Gasteiger partial charge on any atom is 0.249 e. The van der Waals surface area contributed by atoms with Crippen LogP contribution in [0.25, 0.3) is 0 Å². The molecular formula is C15H17N3OS. The Morgan fingerprint density at radius 1 is 1.25 bits per heavy atom. The summed E-state index contributed by atoms with van der Waals surface area (Å²) in [6.45, 7) is 5.85. The van der Waals surface area contributed by atoms with Gasteiger partial charge in [0.25, 0.3) is 0 Å². The highest BCUT2D eigenvalue weighted by atomic mass is 32.1. The molecule has 0 atom stereocenters. The van der Waals surface area contributed by atoms with Crippen LogP contribution in [0.3, 0.4) is 0 Å². The summed E-state index contributed by atoms with van der Waals surface area (Å²) in [4.78, 5) is 0.268. The molecule has 0 spiro atoms. The summed E-state index contributed by atoms with van der Waals surface area (Å²) in [5.41, 5.74) is 9.24. The molecule has 0 fully saturated rings. The first-order valence-corrected chi connectivity index (χ1v) is 6.84. The van der Waals surface area contributed by atoms with E-state index in [2.05, 4.69) is 17.1 Å². The first kappa shape index (κ1) is 14.4. The molecule has 104 valence electrons. The minimum atomic E-state index is 0.268. The molecule has 2 rings (SSSR count). The second-order valence-electron chi connectivity index (χ2n) is 4.52. The van der Waals surface area contributed by atoms with E-state index in [-0.39, 0.29) is 4.99 Å². The van der Waals surface area contributed by atoms with Gasteiger partial charge < -0.3 is 10.5 Å². The van der Waals surface area contributed by atoms with Crippen molar-refractivity contribution >= 4 is 17.2 Å². The lowest BCUT2D eigenvalue weighted by molar-refractivity contribution is 0.447. The summed E-state index contributed by atoms with van der Waals surface area (Å²) >= 11 is 5.10. The van der Waals surface area contributed by atoms with Gasteiger partial charge >= 0.3 is 0 Å². The normalized spacial score (nSPS) is 10.3. The van der Waals surface area contributed by atoms with E-state index in [1.807, 2.05) is 38.1 Å². The number of aromatic nitrogens is 2. The van der Waals surface area contributed by atoms with Crippen molar-refractivity contribution in [1.29, 1.82) is 0 Å². The Morgan fingerprint density at radius 3 is 2.60 bits per heavy atom. The maximum absolute atomic E-state index is 5.89. The molecule has 1 aromatic heterocycles. The molecule has 0 bridgehead atoms. The molecule has 4 nitrogen and oxygen atoms in total. The van der Waals surface area contributed by atoms with Gasteiger partial charge in [0.15, 0.2) is 0 Å². The number of para-hydroxylation sites is 1. The lowest BCUT2D eigenvalue weighted by Gasteiger charge is -2.14. The van der Waals surface area contributed by atoms with Crippen LogP contribution < -0.4 is 10.5 Å². The first-order valence-electron chi connectivity index (χ1n) is 6.44. The average Bonchev–Trinajstić information content (AvgIpc) is 2.43. The number of hydrogen-bond donors (Lipinski definition) is 1. The van der Waals surface area contributed by atoms with Crippen molar-refractivity contribution in [3.8, 4) is 11.6 Å². The van der Waals surface area contributed by atoms with E-state index in [9.17, 15) is 0 Å². The average molecular weight is 287 g/mol. The number of nitrogens with two attached hydrogens (primary N) is 1. The maximum atomic E-state index is 5.89. The second-order valence-corrected chi connectivity index (χ2v) is 4.96. The van der Waals surface area contributed by atoms with Crippen molar-refractivity contribution < 1.29 is 4.74 Å². The molecule has 0 saturated heterocycles. The SMILES string of the molecule is CCc1ccccc1Oc1nnc(C)c(C)c1C(N)=S. The van der Waals surface area contributed by atoms with E-state index in [0.29, 0.717) is 11.4 Å². The summed E-state index contributed by atoms with van der Waals surface area (Å²) in [5, 5.41) is 8.17. The van der Waals surface area contributed by atoms with Crippen LogP contribution >= 0.6 is 12.2 Å². The first-order chi connectivity index (χ1) is 9.54. The molecule has 1 heterocycles.